The Morgan fingerprint density at radius 3 is 2.59 bits per heavy atom. The number of aryl methyl sites for hydroxylation is 3. The SMILES string of the molecule is Cc1cc(C)cc(NC(=O)c2sc3nc4n(c(=O)c3c2C)NC(c2cc3ccccc3oc2=O)=CS4)c1. The summed E-state index contributed by atoms with van der Waals surface area (Å²) in [7, 11) is 0. The van der Waals surface area contributed by atoms with Gasteiger partial charge in [0, 0.05) is 16.5 Å². The van der Waals surface area contributed by atoms with Gasteiger partial charge in [-0.3, -0.25) is 15.0 Å². The fourth-order valence-corrected chi connectivity index (χ4v) is 6.33. The van der Waals surface area contributed by atoms with Crippen molar-refractivity contribution in [1.82, 2.24) is 9.66 Å². The van der Waals surface area contributed by atoms with E-state index in [-0.39, 0.29) is 11.5 Å². The quantitative estimate of drug-likeness (QED) is 0.239. The summed E-state index contributed by atoms with van der Waals surface area (Å²) in [4.78, 5) is 44.9. The van der Waals surface area contributed by atoms with Crippen LogP contribution in [0.15, 0.2) is 73.1 Å². The molecule has 37 heavy (non-hydrogen) atoms. The average Bonchev–Trinajstić information content (AvgIpc) is 3.19. The number of thioether (sulfide) groups is 1. The molecule has 5 aromatic rings. The molecule has 0 spiro atoms. The Morgan fingerprint density at radius 2 is 1.81 bits per heavy atom. The molecule has 0 saturated carbocycles. The van der Waals surface area contributed by atoms with E-state index in [1.54, 1.807) is 30.5 Å². The minimum absolute atomic E-state index is 0.291. The third-order valence-corrected chi connectivity index (χ3v) is 8.09. The van der Waals surface area contributed by atoms with E-state index in [4.69, 9.17) is 4.42 Å². The molecule has 0 bridgehead atoms. The van der Waals surface area contributed by atoms with Gasteiger partial charge in [0.25, 0.3) is 11.5 Å². The molecule has 1 aliphatic heterocycles. The van der Waals surface area contributed by atoms with E-state index < -0.39 is 5.63 Å². The van der Waals surface area contributed by atoms with Crippen molar-refractivity contribution < 1.29 is 9.21 Å². The first-order valence-electron chi connectivity index (χ1n) is 11.4. The molecular formula is C27H20N4O4S2. The standard InChI is InChI=1S/C27H20N4O4S2/c1-13-8-14(2)10-17(9-13)28-23(32)22-15(3)21-24(37-22)29-27-31(25(21)33)30-19(12-36-27)18-11-16-6-4-5-7-20(16)35-26(18)34/h4-12,30H,1-3H3,(H,28,32). The number of fused-ring (bicyclic) bond motifs is 3. The zero-order chi connectivity index (χ0) is 25.8. The number of carbonyl (C=O) groups is 1. The third kappa shape index (κ3) is 4.04. The third-order valence-electron chi connectivity index (χ3n) is 6.07. The van der Waals surface area contributed by atoms with Crippen molar-refractivity contribution in [2.75, 3.05) is 10.7 Å². The highest BCUT2D eigenvalue weighted by Crippen LogP contribution is 2.33. The first-order chi connectivity index (χ1) is 17.8. The zero-order valence-electron chi connectivity index (χ0n) is 20.0. The van der Waals surface area contributed by atoms with E-state index in [2.05, 4.69) is 15.7 Å². The normalized spacial score (nSPS) is 12.8. The highest BCUT2D eigenvalue weighted by molar-refractivity contribution is 8.02. The maximum Gasteiger partial charge on any atom is 0.345 e. The Bertz CT molecular complexity index is 1900. The van der Waals surface area contributed by atoms with Crippen LogP contribution < -0.4 is 21.9 Å². The molecule has 2 aromatic carbocycles. The van der Waals surface area contributed by atoms with E-state index in [9.17, 15) is 14.4 Å². The molecular weight excluding hydrogens is 508 g/mol. The van der Waals surface area contributed by atoms with Crippen molar-refractivity contribution in [3.8, 4) is 0 Å². The van der Waals surface area contributed by atoms with Gasteiger partial charge in [0.2, 0.25) is 0 Å². The van der Waals surface area contributed by atoms with Gasteiger partial charge in [-0.2, -0.15) is 4.68 Å². The lowest BCUT2D eigenvalue weighted by molar-refractivity contribution is 0.103. The molecule has 0 aliphatic carbocycles. The van der Waals surface area contributed by atoms with Gasteiger partial charge in [0.15, 0.2) is 5.16 Å². The lowest BCUT2D eigenvalue weighted by Crippen LogP contribution is -2.33. The van der Waals surface area contributed by atoms with Gasteiger partial charge in [0.1, 0.15) is 10.4 Å². The maximum absolute atomic E-state index is 13.5. The lowest BCUT2D eigenvalue weighted by Gasteiger charge is -2.19. The number of nitrogens with one attached hydrogen (secondary N) is 2. The molecule has 0 radical (unpaired) electrons. The zero-order valence-corrected chi connectivity index (χ0v) is 21.7. The van der Waals surface area contributed by atoms with Crippen molar-refractivity contribution in [3.05, 3.63) is 102 Å². The van der Waals surface area contributed by atoms with Gasteiger partial charge in [-0.1, -0.05) is 36.0 Å². The second kappa shape index (κ2) is 8.75. The predicted octanol–water partition coefficient (Wildman–Crippen LogP) is 5.39. The number of nitrogens with zero attached hydrogens (tertiary/aromatic N) is 2. The van der Waals surface area contributed by atoms with Crippen LogP contribution in [-0.4, -0.2) is 15.6 Å². The fraction of sp³-hybridized carbons (Fsp3) is 0.111. The smallest absolute Gasteiger partial charge is 0.345 e. The van der Waals surface area contributed by atoms with Crippen molar-refractivity contribution in [2.45, 2.75) is 25.9 Å². The summed E-state index contributed by atoms with van der Waals surface area (Å²) < 4.78 is 6.76. The number of anilines is 1. The van der Waals surface area contributed by atoms with Crippen LogP contribution in [0, 0.1) is 20.8 Å². The summed E-state index contributed by atoms with van der Waals surface area (Å²) in [6.45, 7) is 5.69. The highest BCUT2D eigenvalue weighted by Gasteiger charge is 2.25. The molecule has 10 heteroatoms. The number of hydrogen-bond donors (Lipinski definition) is 2. The minimum atomic E-state index is -0.513. The maximum atomic E-state index is 13.5. The number of benzene rings is 2. The second-order valence-electron chi connectivity index (χ2n) is 8.85. The summed E-state index contributed by atoms with van der Waals surface area (Å²) in [6.07, 6.45) is 0. The van der Waals surface area contributed by atoms with Crippen LogP contribution in [0.1, 0.15) is 31.9 Å². The molecule has 1 aliphatic rings. The fourth-order valence-electron chi connectivity index (χ4n) is 4.43. The molecule has 8 nitrogen and oxygen atoms in total. The van der Waals surface area contributed by atoms with Crippen LogP contribution in [-0.2, 0) is 0 Å². The Labute approximate surface area is 218 Å². The largest absolute Gasteiger partial charge is 0.422 e. The molecule has 0 saturated heterocycles. The van der Waals surface area contributed by atoms with Crippen LogP contribution >= 0.6 is 23.1 Å². The van der Waals surface area contributed by atoms with Crippen LogP contribution in [0.4, 0.5) is 5.69 Å². The Morgan fingerprint density at radius 1 is 1.05 bits per heavy atom. The molecule has 0 unspecified atom stereocenters. The average molecular weight is 529 g/mol. The molecule has 0 atom stereocenters. The van der Waals surface area contributed by atoms with E-state index in [0.717, 1.165) is 16.5 Å². The number of rotatable bonds is 3. The number of thiophene rings is 1. The minimum Gasteiger partial charge on any atom is -0.422 e. The van der Waals surface area contributed by atoms with E-state index in [1.807, 2.05) is 44.2 Å². The second-order valence-corrected chi connectivity index (χ2v) is 10.7. The van der Waals surface area contributed by atoms with Crippen LogP contribution in [0.3, 0.4) is 0 Å². The number of aromatic nitrogens is 2. The number of para-hydroxylation sites is 1. The van der Waals surface area contributed by atoms with Gasteiger partial charge in [-0.05, 0) is 61.7 Å². The first kappa shape index (κ1) is 23.3. The Kier molecular flexibility index (Phi) is 5.50. The summed E-state index contributed by atoms with van der Waals surface area (Å²) in [6, 6.07) is 14.8. The summed E-state index contributed by atoms with van der Waals surface area (Å²) >= 11 is 2.40. The van der Waals surface area contributed by atoms with E-state index in [0.29, 0.717) is 48.3 Å². The van der Waals surface area contributed by atoms with Crippen LogP contribution in [0.5, 0.6) is 0 Å². The monoisotopic (exact) mass is 528 g/mol. The molecule has 1 amide bonds. The van der Waals surface area contributed by atoms with Crippen LogP contribution in [0.25, 0.3) is 26.9 Å². The van der Waals surface area contributed by atoms with E-state index in [1.165, 1.54) is 27.8 Å². The van der Waals surface area contributed by atoms with Crippen molar-refractivity contribution >= 4 is 61.6 Å². The molecule has 0 fully saturated rings. The van der Waals surface area contributed by atoms with Crippen molar-refractivity contribution in [1.29, 1.82) is 0 Å². The molecule has 4 heterocycles. The molecule has 2 N–H and O–H groups in total. The highest BCUT2D eigenvalue weighted by atomic mass is 32.2. The van der Waals surface area contributed by atoms with Crippen molar-refractivity contribution in [3.63, 3.8) is 0 Å². The van der Waals surface area contributed by atoms with Crippen LogP contribution in [0.2, 0.25) is 0 Å². The van der Waals surface area contributed by atoms with Gasteiger partial charge in [-0.15, -0.1) is 11.3 Å². The van der Waals surface area contributed by atoms with E-state index >= 15 is 0 Å². The number of amides is 1. The topological polar surface area (TPSA) is 106 Å². The Balaban J connectivity index is 1.37. The first-order valence-corrected chi connectivity index (χ1v) is 13.1. The number of carbonyl (C=O) groups excluding carboxylic acids is 1. The van der Waals surface area contributed by atoms with Gasteiger partial charge >= 0.3 is 5.63 Å². The molecule has 6 rings (SSSR count). The predicted molar refractivity (Wildman–Crippen MR) is 148 cm³/mol. The number of hydrogen-bond acceptors (Lipinski definition) is 8. The molecule has 3 aromatic heterocycles. The van der Waals surface area contributed by atoms with Gasteiger partial charge in [0.05, 0.1) is 21.5 Å². The summed E-state index contributed by atoms with van der Waals surface area (Å²) in [5.74, 6) is -0.291. The summed E-state index contributed by atoms with van der Waals surface area (Å²) in [5, 5.41) is 6.20. The summed E-state index contributed by atoms with van der Waals surface area (Å²) in [5.41, 5.74) is 6.73. The van der Waals surface area contributed by atoms with Gasteiger partial charge < -0.3 is 9.73 Å². The van der Waals surface area contributed by atoms with Crippen molar-refractivity contribution in [2.24, 2.45) is 0 Å². The lowest BCUT2D eigenvalue weighted by atomic mass is 10.1. The Hall–Kier alpha value is -4.15. The molecule has 184 valence electrons. The van der Waals surface area contributed by atoms with Gasteiger partial charge in [-0.25, -0.2) is 9.78 Å².